The van der Waals surface area contributed by atoms with E-state index in [-0.39, 0.29) is 11.8 Å². The van der Waals surface area contributed by atoms with Gasteiger partial charge in [0.2, 0.25) is 8.91 Å². The van der Waals surface area contributed by atoms with Crippen LogP contribution in [0.15, 0.2) is 47.5 Å². The van der Waals surface area contributed by atoms with Gasteiger partial charge in [-0.15, -0.1) is 0 Å². The molecule has 0 fully saturated rings. The van der Waals surface area contributed by atoms with Crippen LogP contribution in [0.2, 0.25) is 0 Å². The van der Waals surface area contributed by atoms with Gasteiger partial charge in [0.25, 0.3) is 5.91 Å². The highest BCUT2D eigenvalue weighted by atomic mass is 127. The molecule has 8 heteroatoms. The molecule has 1 aromatic carbocycles. The number of amides is 2. The third-order valence-electron chi connectivity index (χ3n) is 3.28. The molecule has 1 aromatic heterocycles. The predicted molar refractivity (Wildman–Crippen MR) is 110 cm³/mol. The molecule has 0 radical (unpaired) electrons. The summed E-state index contributed by atoms with van der Waals surface area (Å²) in [5.41, 5.74) is 1.32. The van der Waals surface area contributed by atoms with E-state index in [2.05, 4.69) is 15.6 Å². The Balaban J connectivity index is 1.94. The second-order valence-electron chi connectivity index (χ2n) is 5.57. The standard InChI is InChI=1S/C18H19FIN3O2S/c1-3-16(24)23-15-10-13(8-9-21-15)17(25)22-11-12-4-6-14(7-5-12)26-18(2,19)20/h4-10H,3,11H2,1-2H3,(H,22,25)(H,21,23,24). The zero-order chi connectivity index (χ0) is 19.2. The lowest BCUT2D eigenvalue weighted by Gasteiger charge is -2.12. The first-order valence-corrected chi connectivity index (χ1v) is 9.86. The molecule has 0 saturated carbocycles. The van der Waals surface area contributed by atoms with Crippen molar-refractivity contribution in [3.63, 3.8) is 0 Å². The highest BCUT2D eigenvalue weighted by Crippen LogP contribution is 2.39. The number of anilines is 1. The number of benzene rings is 1. The Hall–Kier alpha value is -1.68. The molecule has 1 heterocycles. The van der Waals surface area contributed by atoms with E-state index < -0.39 is 3.01 Å². The Labute approximate surface area is 169 Å². The zero-order valence-corrected chi connectivity index (χ0v) is 17.4. The average Bonchev–Trinajstić information content (AvgIpc) is 2.59. The normalized spacial score (nSPS) is 12.9. The van der Waals surface area contributed by atoms with Crippen LogP contribution in [0, 0.1) is 0 Å². The number of thioether (sulfide) groups is 1. The third-order valence-corrected chi connectivity index (χ3v) is 4.81. The smallest absolute Gasteiger partial charge is 0.251 e. The maximum atomic E-state index is 13.6. The van der Waals surface area contributed by atoms with Gasteiger partial charge in [-0.2, -0.15) is 0 Å². The second-order valence-corrected chi connectivity index (χ2v) is 9.77. The molecular weight excluding hydrogens is 468 g/mol. The second kappa shape index (κ2) is 9.31. The number of hydrogen-bond donors (Lipinski definition) is 2. The van der Waals surface area contributed by atoms with Crippen molar-refractivity contribution in [2.75, 3.05) is 5.32 Å². The molecule has 5 nitrogen and oxygen atoms in total. The van der Waals surface area contributed by atoms with Crippen LogP contribution in [-0.4, -0.2) is 19.8 Å². The largest absolute Gasteiger partial charge is 0.348 e. The van der Waals surface area contributed by atoms with Gasteiger partial charge in [0, 0.05) is 29.6 Å². The van der Waals surface area contributed by atoms with Crippen molar-refractivity contribution >= 4 is 52.0 Å². The van der Waals surface area contributed by atoms with Crippen molar-refractivity contribution in [3.8, 4) is 0 Å². The van der Waals surface area contributed by atoms with E-state index in [1.807, 2.05) is 24.3 Å². The van der Waals surface area contributed by atoms with Gasteiger partial charge >= 0.3 is 0 Å². The van der Waals surface area contributed by atoms with Crippen LogP contribution in [0.4, 0.5) is 10.2 Å². The molecule has 0 bridgehead atoms. The van der Waals surface area contributed by atoms with Crippen LogP contribution in [0.25, 0.3) is 0 Å². The summed E-state index contributed by atoms with van der Waals surface area (Å²) in [5.74, 6) is -0.0794. The van der Waals surface area contributed by atoms with Crippen molar-refractivity contribution in [2.24, 2.45) is 0 Å². The van der Waals surface area contributed by atoms with Crippen molar-refractivity contribution in [1.82, 2.24) is 10.3 Å². The first-order chi connectivity index (χ1) is 12.3. The number of pyridine rings is 1. The number of nitrogens with one attached hydrogen (secondary N) is 2. The van der Waals surface area contributed by atoms with Crippen LogP contribution in [0.1, 0.15) is 36.2 Å². The Kier molecular flexibility index (Phi) is 7.39. The van der Waals surface area contributed by atoms with Gasteiger partial charge in [-0.05, 0) is 59.3 Å². The molecule has 1 atom stereocenters. The van der Waals surface area contributed by atoms with E-state index in [4.69, 9.17) is 0 Å². The van der Waals surface area contributed by atoms with E-state index in [0.29, 0.717) is 24.3 Å². The number of nitrogens with zero attached hydrogens (tertiary/aromatic N) is 1. The summed E-state index contributed by atoms with van der Waals surface area (Å²) < 4.78 is 12.3. The number of rotatable bonds is 7. The summed E-state index contributed by atoms with van der Waals surface area (Å²) in [4.78, 5) is 28.5. The van der Waals surface area contributed by atoms with E-state index in [9.17, 15) is 14.0 Å². The fourth-order valence-electron chi connectivity index (χ4n) is 2.04. The molecule has 0 aliphatic heterocycles. The predicted octanol–water partition coefficient (Wildman–Crippen LogP) is 4.53. The molecule has 2 aromatic rings. The van der Waals surface area contributed by atoms with E-state index in [1.165, 1.54) is 19.2 Å². The van der Waals surface area contributed by atoms with Crippen molar-refractivity contribution in [2.45, 2.75) is 34.7 Å². The molecule has 0 aliphatic rings. The molecule has 0 saturated heterocycles. The molecule has 2 amide bonds. The number of hydrogen-bond acceptors (Lipinski definition) is 4. The van der Waals surface area contributed by atoms with Crippen molar-refractivity contribution in [3.05, 3.63) is 53.7 Å². The quantitative estimate of drug-likeness (QED) is 0.342. The van der Waals surface area contributed by atoms with Gasteiger partial charge in [0.15, 0.2) is 0 Å². The Morgan fingerprint density at radius 1 is 1.27 bits per heavy atom. The highest BCUT2D eigenvalue weighted by Gasteiger charge is 2.19. The lowest BCUT2D eigenvalue weighted by Crippen LogP contribution is -2.23. The molecule has 2 rings (SSSR count). The maximum absolute atomic E-state index is 13.6. The Bertz CT molecular complexity index is 779. The van der Waals surface area contributed by atoms with Gasteiger partial charge in [-0.25, -0.2) is 9.37 Å². The zero-order valence-electron chi connectivity index (χ0n) is 14.4. The first-order valence-electron chi connectivity index (χ1n) is 7.96. The molecule has 138 valence electrons. The Morgan fingerprint density at radius 3 is 2.58 bits per heavy atom. The molecule has 0 aliphatic carbocycles. The van der Waals surface area contributed by atoms with E-state index in [1.54, 1.807) is 35.6 Å². The minimum absolute atomic E-state index is 0.163. The van der Waals surface area contributed by atoms with E-state index in [0.717, 1.165) is 22.2 Å². The Morgan fingerprint density at radius 2 is 1.96 bits per heavy atom. The van der Waals surface area contributed by atoms with Gasteiger partial charge in [0.1, 0.15) is 5.82 Å². The molecular formula is C18H19FIN3O2S. The summed E-state index contributed by atoms with van der Waals surface area (Å²) in [6.07, 6.45) is 1.82. The van der Waals surface area contributed by atoms with Crippen LogP contribution >= 0.6 is 34.4 Å². The number of carbonyl (C=O) groups is 2. The summed E-state index contributed by atoms with van der Waals surface area (Å²) in [5, 5.41) is 5.44. The maximum Gasteiger partial charge on any atom is 0.251 e. The summed E-state index contributed by atoms with van der Waals surface area (Å²) in [6, 6.07) is 10.5. The monoisotopic (exact) mass is 487 g/mol. The average molecular weight is 487 g/mol. The topological polar surface area (TPSA) is 71.1 Å². The number of alkyl halides is 2. The number of aromatic nitrogens is 1. The van der Waals surface area contributed by atoms with Gasteiger partial charge in [-0.1, -0.05) is 30.8 Å². The van der Waals surface area contributed by atoms with Crippen LogP contribution in [0.5, 0.6) is 0 Å². The van der Waals surface area contributed by atoms with Crippen molar-refractivity contribution in [1.29, 1.82) is 0 Å². The lowest BCUT2D eigenvalue weighted by atomic mass is 10.2. The van der Waals surface area contributed by atoms with E-state index >= 15 is 0 Å². The van der Waals surface area contributed by atoms with Gasteiger partial charge < -0.3 is 10.6 Å². The summed E-state index contributed by atoms with van der Waals surface area (Å²) in [7, 11) is 0. The number of halogens is 2. The molecule has 2 N–H and O–H groups in total. The summed E-state index contributed by atoms with van der Waals surface area (Å²) in [6.45, 7) is 3.59. The fraction of sp³-hybridized carbons (Fsp3) is 0.278. The summed E-state index contributed by atoms with van der Waals surface area (Å²) >= 11 is 2.87. The van der Waals surface area contributed by atoms with Crippen LogP contribution in [0.3, 0.4) is 0 Å². The van der Waals surface area contributed by atoms with Gasteiger partial charge in [-0.3, -0.25) is 9.59 Å². The minimum Gasteiger partial charge on any atom is -0.348 e. The molecule has 1 unspecified atom stereocenters. The molecule has 0 spiro atoms. The number of carbonyl (C=O) groups excluding carboxylic acids is 2. The van der Waals surface area contributed by atoms with Crippen LogP contribution in [-0.2, 0) is 11.3 Å². The SMILES string of the molecule is CCC(=O)Nc1cc(C(=O)NCc2ccc(SC(C)(F)I)cc2)ccn1. The van der Waals surface area contributed by atoms with Crippen molar-refractivity contribution < 1.29 is 14.0 Å². The third kappa shape index (κ3) is 6.91. The molecule has 26 heavy (non-hydrogen) atoms. The van der Waals surface area contributed by atoms with Gasteiger partial charge in [0.05, 0.1) is 0 Å². The van der Waals surface area contributed by atoms with Crippen LogP contribution < -0.4 is 10.6 Å². The minimum atomic E-state index is -1.36. The lowest BCUT2D eigenvalue weighted by molar-refractivity contribution is -0.115. The first kappa shape index (κ1) is 20.6. The highest BCUT2D eigenvalue weighted by molar-refractivity contribution is 14.1. The fourth-order valence-corrected chi connectivity index (χ4v) is 3.49.